The van der Waals surface area contributed by atoms with E-state index in [1.807, 2.05) is 78.9 Å². The minimum Gasteiger partial charge on any atom is -0.497 e. The van der Waals surface area contributed by atoms with Crippen molar-refractivity contribution in [3.8, 4) is 5.75 Å². The maximum atomic E-state index is 12.6. The second-order valence-electron chi connectivity index (χ2n) is 6.98. The second kappa shape index (κ2) is 9.49. The molecule has 154 valence electrons. The highest BCUT2D eigenvalue weighted by molar-refractivity contribution is 8.00. The molecular formula is C26H21NO3S. The molecule has 0 aliphatic rings. The Morgan fingerprint density at radius 2 is 1.58 bits per heavy atom. The van der Waals surface area contributed by atoms with Crippen LogP contribution in [0.25, 0.3) is 10.8 Å². The van der Waals surface area contributed by atoms with Crippen molar-refractivity contribution in [2.75, 3.05) is 18.2 Å². The van der Waals surface area contributed by atoms with Crippen molar-refractivity contribution in [2.24, 2.45) is 0 Å². The summed E-state index contributed by atoms with van der Waals surface area (Å²) in [7, 11) is 1.58. The van der Waals surface area contributed by atoms with Gasteiger partial charge in [0.1, 0.15) is 5.75 Å². The molecule has 0 radical (unpaired) electrons. The van der Waals surface area contributed by atoms with Gasteiger partial charge in [-0.3, -0.25) is 9.59 Å². The molecule has 5 heteroatoms. The number of carbonyl (C=O) groups excluding carboxylic acids is 2. The van der Waals surface area contributed by atoms with Crippen LogP contribution < -0.4 is 10.1 Å². The lowest BCUT2D eigenvalue weighted by molar-refractivity contribution is 0.101. The molecule has 4 nitrogen and oxygen atoms in total. The van der Waals surface area contributed by atoms with Gasteiger partial charge in [0.15, 0.2) is 5.78 Å². The number of benzene rings is 4. The van der Waals surface area contributed by atoms with E-state index in [1.165, 1.54) is 11.8 Å². The lowest BCUT2D eigenvalue weighted by atomic mass is 10.1. The van der Waals surface area contributed by atoms with Gasteiger partial charge in [0.2, 0.25) is 0 Å². The quantitative estimate of drug-likeness (QED) is 0.287. The van der Waals surface area contributed by atoms with Gasteiger partial charge in [-0.1, -0.05) is 42.5 Å². The van der Waals surface area contributed by atoms with Gasteiger partial charge in [-0.15, -0.1) is 11.8 Å². The Kier molecular flexibility index (Phi) is 6.34. The van der Waals surface area contributed by atoms with Crippen molar-refractivity contribution in [1.82, 2.24) is 0 Å². The van der Waals surface area contributed by atoms with E-state index in [-0.39, 0.29) is 11.7 Å². The van der Waals surface area contributed by atoms with Crippen molar-refractivity contribution in [3.05, 3.63) is 102 Å². The molecule has 0 heterocycles. The molecule has 1 N–H and O–H groups in total. The third-order valence-electron chi connectivity index (χ3n) is 4.89. The van der Waals surface area contributed by atoms with Crippen LogP contribution in [0.2, 0.25) is 0 Å². The zero-order valence-electron chi connectivity index (χ0n) is 17.0. The molecule has 0 spiro atoms. The highest BCUT2D eigenvalue weighted by Gasteiger charge is 2.09. The number of fused-ring (bicyclic) bond motifs is 1. The number of rotatable bonds is 7. The van der Waals surface area contributed by atoms with Gasteiger partial charge >= 0.3 is 0 Å². The first-order chi connectivity index (χ1) is 15.1. The topological polar surface area (TPSA) is 55.4 Å². The minimum atomic E-state index is -0.153. The van der Waals surface area contributed by atoms with Gasteiger partial charge in [-0.25, -0.2) is 0 Å². The summed E-state index contributed by atoms with van der Waals surface area (Å²) in [6, 6.07) is 28.3. The molecule has 4 rings (SSSR count). The van der Waals surface area contributed by atoms with Gasteiger partial charge in [-0.2, -0.15) is 0 Å². The first-order valence-electron chi connectivity index (χ1n) is 9.83. The van der Waals surface area contributed by atoms with Gasteiger partial charge in [0.25, 0.3) is 5.91 Å². The van der Waals surface area contributed by atoms with Crippen molar-refractivity contribution in [3.63, 3.8) is 0 Å². The predicted octanol–water partition coefficient (Wildman–Crippen LogP) is 6.08. The molecule has 0 saturated carbocycles. The largest absolute Gasteiger partial charge is 0.497 e. The standard InChI is InChI=1S/C26H21NO3S/c1-30-23-8-4-7-20(16-23)25(28)17-31-24-13-11-22(12-14-24)27-26(29)21-10-9-18-5-2-3-6-19(18)15-21/h2-16H,17H2,1H3,(H,27,29). The van der Waals surface area contributed by atoms with Gasteiger partial charge in [0.05, 0.1) is 12.9 Å². The molecule has 0 aromatic heterocycles. The number of anilines is 1. The van der Waals surface area contributed by atoms with Crippen LogP contribution in [0.15, 0.2) is 95.9 Å². The Morgan fingerprint density at radius 3 is 2.35 bits per heavy atom. The highest BCUT2D eigenvalue weighted by atomic mass is 32.2. The summed E-state index contributed by atoms with van der Waals surface area (Å²) in [5.74, 6) is 0.884. The molecule has 0 aliphatic carbocycles. The van der Waals surface area contributed by atoms with E-state index >= 15 is 0 Å². The molecule has 0 fully saturated rings. The van der Waals surface area contributed by atoms with E-state index < -0.39 is 0 Å². The van der Waals surface area contributed by atoms with Crippen LogP contribution in [0.1, 0.15) is 20.7 Å². The molecule has 0 unspecified atom stereocenters. The fourth-order valence-corrected chi connectivity index (χ4v) is 3.99. The molecule has 0 saturated heterocycles. The summed E-state index contributed by atoms with van der Waals surface area (Å²) in [6.45, 7) is 0. The number of carbonyl (C=O) groups is 2. The normalized spacial score (nSPS) is 10.6. The van der Waals surface area contributed by atoms with Crippen LogP contribution in [0.4, 0.5) is 5.69 Å². The van der Waals surface area contributed by atoms with Crippen LogP contribution in [0, 0.1) is 0 Å². The zero-order valence-corrected chi connectivity index (χ0v) is 17.8. The number of thioether (sulfide) groups is 1. The molecule has 4 aromatic carbocycles. The van der Waals surface area contributed by atoms with E-state index in [1.54, 1.807) is 19.2 Å². The van der Waals surface area contributed by atoms with Crippen molar-refractivity contribution >= 4 is 39.9 Å². The Hall–Kier alpha value is -3.57. The zero-order chi connectivity index (χ0) is 21.6. The summed E-state index contributed by atoms with van der Waals surface area (Å²) in [5, 5.41) is 5.06. The fraction of sp³-hybridized carbons (Fsp3) is 0.0769. The van der Waals surface area contributed by atoms with E-state index in [2.05, 4.69) is 5.32 Å². The van der Waals surface area contributed by atoms with Gasteiger partial charge in [-0.05, 0) is 59.3 Å². The summed E-state index contributed by atoms with van der Waals surface area (Å²) in [5.41, 5.74) is 1.95. The Labute approximate surface area is 185 Å². The Morgan fingerprint density at radius 1 is 0.806 bits per heavy atom. The number of ketones is 1. The Bertz CT molecular complexity index is 1230. The van der Waals surface area contributed by atoms with Crippen molar-refractivity contribution in [2.45, 2.75) is 4.90 Å². The maximum Gasteiger partial charge on any atom is 0.255 e. The summed E-state index contributed by atoms with van der Waals surface area (Å²) in [4.78, 5) is 26.0. The van der Waals surface area contributed by atoms with Gasteiger partial charge in [0, 0.05) is 21.7 Å². The molecular weight excluding hydrogens is 406 g/mol. The minimum absolute atomic E-state index is 0.0394. The predicted molar refractivity (Wildman–Crippen MR) is 126 cm³/mol. The van der Waals surface area contributed by atoms with Crippen LogP contribution in [-0.2, 0) is 0 Å². The third-order valence-corrected chi connectivity index (χ3v) is 5.90. The SMILES string of the molecule is COc1cccc(C(=O)CSc2ccc(NC(=O)c3ccc4ccccc4c3)cc2)c1. The number of nitrogens with one attached hydrogen (secondary N) is 1. The van der Waals surface area contributed by atoms with Gasteiger partial charge < -0.3 is 10.1 Å². The van der Waals surface area contributed by atoms with E-state index in [0.717, 1.165) is 15.7 Å². The lowest BCUT2D eigenvalue weighted by Crippen LogP contribution is -2.11. The van der Waals surface area contributed by atoms with Crippen LogP contribution in [0.5, 0.6) is 5.75 Å². The second-order valence-corrected chi connectivity index (χ2v) is 8.03. The fourth-order valence-electron chi connectivity index (χ4n) is 3.20. The van der Waals surface area contributed by atoms with Crippen LogP contribution >= 0.6 is 11.8 Å². The number of amides is 1. The van der Waals surface area contributed by atoms with Crippen LogP contribution in [0.3, 0.4) is 0 Å². The smallest absolute Gasteiger partial charge is 0.255 e. The molecule has 31 heavy (non-hydrogen) atoms. The summed E-state index contributed by atoms with van der Waals surface area (Å²) in [6.07, 6.45) is 0. The lowest BCUT2D eigenvalue weighted by Gasteiger charge is -2.08. The summed E-state index contributed by atoms with van der Waals surface area (Å²) < 4.78 is 5.17. The van der Waals surface area contributed by atoms with E-state index in [0.29, 0.717) is 28.3 Å². The Balaban J connectivity index is 1.36. The first-order valence-corrected chi connectivity index (χ1v) is 10.8. The number of methoxy groups -OCH3 is 1. The van der Waals surface area contributed by atoms with E-state index in [9.17, 15) is 9.59 Å². The number of hydrogen-bond acceptors (Lipinski definition) is 4. The summed E-state index contributed by atoms with van der Waals surface area (Å²) >= 11 is 1.46. The first kappa shape index (κ1) is 20.7. The van der Waals surface area contributed by atoms with Crippen molar-refractivity contribution < 1.29 is 14.3 Å². The maximum absolute atomic E-state index is 12.6. The number of ether oxygens (including phenoxy) is 1. The average Bonchev–Trinajstić information content (AvgIpc) is 2.83. The third kappa shape index (κ3) is 5.13. The molecule has 0 bridgehead atoms. The number of Topliss-reactive ketones (excluding diaryl/α,β-unsaturated/α-hetero) is 1. The molecule has 0 aliphatic heterocycles. The van der Waals surface area contributed by atoms with Crippen LogP contribution in [-0.4, -0.2) is 24.6 Å². The molecule has 4 aromatic rings. The molecule has 0 atom stereocenters. The average molecular weight is 428 g/mol. The monoisotopic (exact) mass is 427 g/mol. The molecule has 1 amide bonds. The van der Waals surface area contributed by atoms with Crippen molar-refractivity contribution in [1.29, 1.82) is 0 Å². The number of hydrogen-bond donors (Lipinski definition) is 1. The van der Waals surface area contributed by atoms with E-state index in [4.69, 9.17) is 4.74 Å². The highest BCUT2D eigenvalue weighted by Crippen LogP contribution is 2.23.